The number of para-hydroxylation sites is 1. The van der Waals surface area contributed by atoms with E-state index in [-0.39, 0.29) is 13.1 Å². The number of halogens is 3. The summed E-state index contributed by atoms with van der Waals surface area (Å²) in [5.41, 5.74) is 6.93. The van der Waals surface area contributed by atoms with E-state index in [4.69, 9.17) is 5.73 Å². The summed E-state index contributed by atoms with van der Waals surface area (Å²) in [5.74, 6) is -0.882. The number of nitrogens with two attached hydrogens (primary N) is 1. The Balaban J connectivity index is 2.75. The molecular weight excluding hydrogens is 231 g/mol. The number of nitrogens with zero attached hydrogens (tertiary/aromatic N) is 2. The zero-order chi connectivity index (χ0) is 12.6. The number of aryl methyl sites for hydroxylation is 1. The van der Waals surface area contributed by atoms with Crippen LogP contribution in [0.1, 0.15) is 11.4 Å². The lowest BCUT2D eigenvalue weighted by Crippen LogP contribution is -2.18. The topological polar surface area (TPSA) is 43.8 Å². The van der Waals surface area contributed by atoms with E-state index in [2.05, 4.69) is 4.98 Å². The van der Waals surface area contributed by atoms with Crippen LogP contribution in [-0.2, 0) is 12.7 Å². The highest BCUT2D eigenvalue weighted by Gasteiger charge is 2.37. The number of benzene rings is 1. The highest BCUT2D eigenvalue weighted by Crippen LogP contribution is 2.32. The lowest BCUT2D eigenvalue weighted by Gasteiger charge is -2.09. The van der Waals surface area contributed by atoms with Crippen molar-refractivity contribution < 1.29 is 13.2 Å². The first-order valence-electron chi connectivity index (χ1n) is 5.18. The van der Waals surface area contributed by atoms with Crippen LogP contribution in [0.5, 0.6) is 0 Å². The quantitative estimate of drug-likeness (QED) is 0.879. The van der Waals surface area contributed by atoms with Crippen molar-refractivity contribution in [3.63, 3.8) is 0 Å². The van der Waals surface area contributed by atoms with Crippen LogP contribution >= 0.6 is 0 Å². The maximum Gasteiger partial charge on any atom is 0.449 e. The molecule has 0 atom stereocenters. The van der Waals surface area contributed by atoms with Crippen LogP contribution in [0.3, 0.4) is 0 Å². The first kappa shape index (κ1) is 11.9. The van der Waals surface area contributed by atoms with Gasteiger partial charge in [0.15, 0.2) is 0 Å². The maximum atomic E-state index is 12.8. The standard InChI is InChI=1S/C11H12F3N3/c1-7-3-2-4-8-9(7)16-10(11(12,13)14)17(8)6-5-15/h2-4H,5-6,15H2,1H3. The lowest BCUT2D eigenvalue weighted by atomic mass is 10.2. The summed E-state index contributed by atoms with van der Waals surface area (Å²) in [7, 11) is 0. The summed E-state index contributed by atoms with van der Waals surface area (Å²) >= 11 is 0. The third-order valence-corrected chi connectivity index (χ3v) is 2.59. The predicted molar refractivity (Wildman–Crippen MR) is 58.5 cm³/mol. The van der Waals surface area contributed by atoms with Gasteiger partial charge in [0.25, 0.3) is 0 Å². The van der Waals surface area contributed by atoms with Crippen molar-refractivity contribution in [1.82, 2.24) is 9.55 Å². The summed E-state index contributed by atoms with van der Waals surface area (Å²) in [5, 5.41) is 0. The second-order valence-corrected chi connectivity index (χ2v) is 3.82. The number of aromatic nitrogens is 2. The molecule has 0 unspecified atom stereocenters. The second-order valence-electron chi connectivity index (χ2n) is 3.82. The summed E-state index contributed by atoms with van der Waals surface area (Å²) < 4.78 is 39.6. The number of fused-ring (bicyclic) bond motifs is 1. The Morgan fingerprint density at radius 3 is 2.65 bits per heavy atom. The van der Waals surface area contributed by atoms with Gasteiger partial charge in [-0.1, -0.05) is 12.1 Å². The second kappa shape index (κ2) is 4.03. The smallest absolute Gasteiger partial charge is 0.329 e. The van der Waals surface area contributed by atoms with Crippen molar-refractivity contribution in [2.24, 2.45) is 5.73 Å². The molecule has 1 aromatic heterocycles. The van der Waals surface area contributed by atoms with Gasteiger partial charge in [-0.25, -0.2) is 4.98 Å². The third kappa shape index (κ3) is 2.00. The van der Waals surface area contributed by atoms with Gasteiger partial charge in [-0.15, -0.1) is 0 Å². The minimum absolute atomic E-state index is 0.106. The highest BCUT2D eigenvalue weighted by atomic mass is 19.4. The van der Waals surface area contributed by atoms with Gasteiger partial charge in [0.1, 0.15) is 0 Å². The van der Waals surface area contributed by atoms with E-state index < -0.39 is 12.0 Å². The van der Waals surface area contributed by atoms with Gasteiger partial charge in [-0.05, 0) is 18.6 Å². The van der Waals surface area contributed by atoms with Crippen molar-refractivity contribution >= 4 is 11.0 Å². The molecule has 17 heavy (non-hydrogen) atoms. The molecule has 0 aliphatic carbocycles. The molecule has 1 aromatic carbocycles. The Bertz CT molecular complexity index is 543. The van der Waals surface area contributed by atoms with Gasteiger partial charge in [0.2, 0.25) is 5.82 Å². The van der Waals surface area contributed by atoms with E-state index in [9.17, 15) is 13.2 Å². The Hall–Kier alpha value is -1.56. The fraction of sp³-hybridized carbons (Fsp3) is 0.364. The first-order valence-corrected chi connectivity index (χ1v) is 5.18. The summed E-state index contributed by atoms with van der Waals surface area (Å²) in [6.07, 6.45) is -4.46. The largest absolute Gasteiger partial charge is 0.449 e. The molecular formula is C11H12F3N3. The summed E-state index contributed by atoms with van der Waals surface area (Å²) in [6.45, 7) is 1.99. The lowest BCUT2D eigenvalue weighted by molar-refractivity contribution is -0.146. The van der Waals surface area contributed by atoms with Crippen molar-refractivity contribution in [3.05, 3.63) is 29.6 Å². The molecule has 6 heteroatoms. The van der Waals surface area contributed by atoms with Crippen molar-refractivity contribution in [1.29, 1.82) is 0 Å². The fourth-order valence-corrected chi connectivity index (χ4v) is 1.86. The predicted octanol–water partition coefficient (Wildman–Crippen LogP) is 2.32. The Morgan fingerprint density at radius 1 is 1.35 bits per heavy atom. The number of imidazole rings is 1. The number of hydrogen-bond donors (Lipinski definition) is 1. The average molecular weight is 243 g/mol. The monoisotopic (exact) mass is 243 g/mol. The van der Waals surface area contributed by atoms with Crippen molar-refractivity contribution in [2.75, 3.05) is 6.54 Å². The molecule has 0 saturated carbocycles. The Kier molecular flexibility index (Phi) is 2.82. The van der Waals surface area contributed by atoms with Crippen LogP contribution in [0.4, 0.5) is 13.2 Å². The van der Waals surface area contributed by atoms with Gasteiger partial charge >= 0.3 is 6.18 Å². The number of rotatable bonds is 2. The molecule has 0 saturated heterocycles. The minimum Gasteiger partial charge on any atom is -0.329 e. The summed E-state index contributed by atoms with van der Waals surface area (Å²) in [4.78, 5) is 3.68. The van der Waals surface area contributed by atoms with Crippen LogP contribution < -0.4 is 5.73 Å². The molecule has 0 fully saturated rings. The summed E-state index contributed by atoms with van der Waals surface area (Å²) in [6, 6.07) is 5.08. The molecule has 92 valence electrons. The van der Waals surface area contributed by atoms with E-state index in [1.54, 1.807) is 25.1 Å². The van der Waals surface area contributed by atoms with Crippen LogP contribution in [0.15, 0.2) is 18.2 Å². The van der Waals surface area contributed by atoms with Gasteiger partial charge < -0.3 is 10.3 Å². The SMILES string of the molecule is Cc1cccc2c1nc(C(F)(F)F)n2CCN. The van der Waals surface area contributed by atoms with Crippen LogP contribution in [-0.4, -0.2) is 16.1 Å². The van der Waals surface area contributed by atoms with Crippen LogP contribution in [0.2, 0.25) is 0 Å². The Labute approximate surface area is 96.0 Å². The molecule has 0 aliphatic rings. The zero-order valence-electron chi connectivity index (χ0n) is 9.25. The van der Waals surface area contributed by atoms with E-state index in [0.29, 0.717) is 11.0 Å². The van der Waals surface area contributed by atoms with Gasteiger partial charge in [-0.3, -0.25) is 0 Å². The number of alkyl halides is 3. The molecule has 2 N–H and O–H groups in total. The van der Waals surface area contributed by atoms with Crippen LogP contribution in [0, 0.1) is 6.92 Å². The molecule has 0 bridgehead atoms. The normalized spacial score (nSPS) is 12.3. The fourth-order valence-electron chi connectivity index (χ4n) is 1.86. The van der Waals surface area contributed by atoms with Crippen LogP contribution in [0.25, 0.3) is 11.0 Å². The molecule has 1 heterocycles. The first-order chi connectivity index (χ1) is 7.95. The molecule has 0 radical (unpaired) electrons. The van der Waals surface area contributed by atoms with E-state index in [1.807, 2.05) is 0 Å². The van der Waals surface area contributed by atoms with E-state index in [1.165, 1.54) is 0 Å². The minimum atomic E-state index is -4.46. The molecule has 3 nitrogen and oxygen atoms in total. The highest BCUT2D eigenvalue weighted by molar-refractivity contribution is 5.79. The molecule has 0 spiro atoms. The molecule has 2 rings (SSSR count). The van der Waals surface area contributed by atoms with Gasteiger partial charge in [0, 0.05) is 13.1 Å². The van der Waals surface area contributed by atoms with Crippen molar-refractivity contribution in [2.45, 2.75) is 19.6 Å². The van der Waals surface area contributed by atoms with Gasteiger partial charge in [-0.2, -0.15) is 13.2 Å². The van der Waals surface area contributed by atoms with Gasteiger partial charge in [0.05, 0.1) is 11.0 Å². The number of hydrogen-bond acceptors (Lipinski definition) is 2. The Morgan fingerprint density at radius 2 is 2.06 bits per heavy atom. The average Bonchev–Trinajstić information content (AvgIpc) is 2.59. The zero-order valence-corrected chi connectivity index (χ0v) is 9.25. The molecule has 0 amide bonds. The van der Waals surface area contributed by atoms with E-state index in [0.717, 1.165) is 10.1 Å². The maximum absolute atomic E-state index is 12.8. The third-order valence-electron chi connectivity index (χ3n) is 2.59. The van der Waals surface area contributed by atoms with Crippen molar-refractivity contribution in [3.8, 4) is 0 Å². The van der Waals surface area contributed by atoms with E-state index >= 15 is 0 Å². The molecule has 0 aliphatic heterocycles. The molecule has 2 aromatic rings.